The fraction of sp³-hybridized carbons (Fsp3) is 0.435. The molecule has 6 nitrogen and oxygen atoms in total. The maximum absolute atomic E-state index is 12.6. The maximum Gasteiger partial charge on any atom is 0.230 e. The topological polar surface area (TPSA) is 73.0 Å². The molecule has 1 N–H and O–H groups in total. The standard InChI is InChI=1S/C23H28N4O2S/c1-16-8-6-12-20(17(16)2)24-21(28)15-30-23-26-25-22(18-9-4-3-5-10-18)27(23)14-19-11-7-13-29-19/h3-5,7,9-11,13,16-17,20H,6,8,12,14-15H2,1-2H3,(H,24,28)/t16-,17+,20+/m0/s1. The highest BCUT2D eigenvalue weighted by molar-refractivity contribution is 7.99. The summed E-state index contributed by atoms with van der Waals surface area (Å²) in [5, 5.41) is 12.7. The van der Waals surface area contributed by atoms with Crippen LogP contribution < -0.4 is 5.32 Å². The Morgan fingerprint density at radius 2 is 2.00 bits per heavy atom. The first-order valence-electron chi connectivity index (χ1n) is 10.5. The minimum atomic E-state index is 0.0553. The van der Waals surface area contributed by atoms with Gasteiger partial charge in [-0.05, 0) is 30.4 Å². The predicted molar refractivity (Wildman–Crippen MR) is 118 cm³/mol. The summed E-state index contributed by atoms with van der Waals surface area (Å²) < 4.78 is 7.55. The SMILES string of the molecule is C[C@@H]1[C@@H](C)CCC[C@H]1NC(=O)CSc1nnc(-c2ccccc2)n1Cc1ccco1. The smallest absolute Gasteiger partial charge is 0.230 e. The first-order chi connectivity index (χ1) is 14.6. The van der Waals surface area contributed by atoms with E-state index in [1.165, 1.54) is 24.6 Å². The Labute approximate surface area is 181 Å². The van der Waals surface area contributed by atoms with Gasteiger partial charge in [-0.25, -0.2) is 0 Å². The molecule has 2 heterocycles. The van der Waals surface area contributed by atoms with Crippen molar-refractivity contribution in [3.8, 4) is 11.4 Å². The van der Waals surface area contributed by atoms with E-state index in [1.54, 1.807) is 6.26 Å². The van der Waals surface area contributed by atoms with Crippen molar-refractivity contribution in [1.82, 2.24) is 20.1 Å². The molecule has 4 rings (SSSR count). The zero-order valence-corrected chi connectivity index (χ0v) is 18.3. The van der Waals surface area contributed by atoms with Crippen molar-refractivity contribution in [2.45, 2.75) is 50.9 Å². The second kappa shape index (κ2) is 9.51. The molecule has 1 amide bonds. The van der Waals surface area contributed by atoms with Gasteiger partial charge in [-0.1, -0.05) is 68.8 Å². The van der Waals surface area contributed by atoms with Crippen molar-refractivity contribution >= 4 is 17.7 Å². The van der Waals surface area contributed by atoms with Crippen LogP contribution in [0.2, 0.25) is 0 Å². The van der Waals surface area contributed by atoms with Crippen molar-refractivity contribution in [1.29, 1.82) is 0 Å². The highest BCUT2D eigenvalue weighted by Crippen LogP contribution is 2.30. The minimum absolute atomic E-state index is 0.0553. The number of rotatable bonds is 7. The van der Waals surface area contributed by atoms with E-state index >= 15 is 0 Å². The molecule has 0 unspecified atom stereocenters. The number of amides is 1. The summed E-state index contributed by atoms with van der Waals surface area (Å²) in [6, 6.07) is 14.0. The van der Waals surface area contributed by atoms with Crippen molar-refractivity contribution in [3.05, 3.63) is 54.5 Å². The van der Waals surface area contributed by atoms with Crippen LogP contribution in [0.5, 0.6) is 0 Å². The summed E-state index contributed by atoms with van der Waals surface area (Å²) in [5.41, 5.74) is 0.984. The molecule has 3 atom stereocenters. The largest absolute Gasteiger partial charge is 0.467 e. The Kier molecular flexibility index (Phi) is 6.57. The quantitative estimate of drug-likeness (QED) is 0.560. The molecule has 7 heteroatoms. The molecule has 30 heavy (non-hydrogen) atoms. The summed E-state index contributed by atoms with van der Waals surface area (Å²) in [7, 11) is 0. The number of benzene rings is 1. The number of aromatic nitrogens is 3. The average molecular weight is 425 g/mol. The van der Waals surface area contributed by atoms with Gasteiger partial charge in [0.15, 0.2) is 11.0 Å². The zero-order valence-electron chi connectivity index (χ0n) is 17.5. The Bertz CT molecular complexity index is 955. The molecular formula is C23H28N4O2S. The zero-order chi connectivity index (χ0) is 20.9. The van der Waals surface area contributed by atoms with Gasteiger partial charge in [-0.15, -0.1) is 10.2 Å². The molecule has 1 aliphatic rings. The molecule has 0 spiro atoms. The van der Waals surface area contributed by atoms with Crippen LogP contribution in [0.1, 0.15) is 38.9 Å². The monoisotopic (exact) mass is 424 g/mol. The van der Waals surface area contributed by atoms with Gasteiger partial charge in [0, 0.05) is 11.6 Å². The molecule has 1 aliphatic carbocycles. The third-order valence-electron chi connectivity index (χ3n) is 6.03. The lowest BCUT2D eigenvalue weighted by molar-refractivity contribution is -0.120. The molecule has 158 valence electrons. The van der Waals surface area contributed by atoms with Crippen LogP contribution in [0.15, 0.2) is 58.3 Å². The van der Waals surface area contributed by atoms with Crippen molar-refractivity contribution in [3.63, 3.8) is 0 Å². The minimum Gasteiger partial charge on any atom is -0.467 e. The second-order valence-corrected chi connectivity index (χ2v) is 9.01. The van der Waals surface area contributed by atoms with Crippen LogP contribution >= 0.6 is 11.8 Å². The first kappa shape index (κ1) is 20.7. The lowest BCUT2D eigenvalue weighted by atomic mass is 9.78. The predicted octanol–water partition coefficient (Wildman–Crippen LogP) is 4.62. The van der Waals surface area contributed by atoms with Gasteiger partial charge in [0.2, 0.25) is 5.91 Å². The van der Waals surface area contributed by atoms with E-state index < -0.39 is 0 Å². The van der Waals surface area contributed by atoms with Gasteiger partial charge in [0.05, 0.1) is 18.6 Å². The maximum atomic E-state index is 12.6. The number of nitrogens with one attached hydrogen (secondary N) is 1. The number of hydrogen-bond acceptors (Lipinski definition) is 5. The summed E-state index contributed by atoms with van der Waals surface area (Å²) in [6.07, 6.45) is 5.16. The fourth-order valence-corrected chi connectivity index (χ4v) is 4.81. The number of hydrogen-bond donors (Lipinski definition) is 1. The molecule has 2 aromatic heterocycles. The number of nitrogens with zero attached hydrogens (tertiary/aromatic N) is 3. The second-order valence-electron chi connectivity index (χ2n) is 8.07. The van der Waals surface area contributed by atoms with Gasteiger partial charge in [0.25, 0.3) is 0 Å². The van der Waals surface area contributed by atoms with Crippen LogP contribution in [-0.4, -0.2) is 32.5 Å². The van der Waals surface area contributed by atoms with Crippen molar-refractivity contribution in [2.75, 3.05) is 5.75 Å². The van der Waals surface area contributed by atoms with Crippen LogP contribution in [-0.2, 0) is 11.3 Å². The number of carbonyl (C=O) groups excluding carboxylic acids is 1. The Morgan fingerprint density at radius 3 is 2.77 bits per heavy atom. The molecule has 0 saturated heterocycles. The highest BCUT2D eigenvalue weighted by Gasteiger charge is 2.28. The first-order valence-corrected chi connectivity index (χ1v) is 11.5. The van der Waals surface area contributed by atoms with E-state index in [2.05, 4.69) is 29.4 Å². The Balaban J connectivity index is 1.47. The third-order valence-corrected chi connectivity index (χ3v) is 7.00. The van der Waals surface area contributed by atoms with E-state index in [1.807, 2.05) is 47.0 Å². The summed E-state index contributed by atoms with van der Waals surface area (Å²) in [6.45, 7) is 5.04. The van der Waals surface area contributed by atoms with E-state index in [0.29, 0.717) is 29.3 Å². The fourth-order valence-electron chi connectivity index (χ4n) is 4.06. The molecule has 1 fully saturated rings. The van der Waals surface area contributed by atoms with Crippen LogP contribution in [0.3, 0.4) is 0 Å². The van der Waals surface area contributed by atoms with Crippen LogP contribution in [0.4, 0.5) is 0 Å². The number of furan rings is 1. The Morgan fingerprint density at radius 1 is 1.17 bits per heavy atom. The number of carbonyl (C=O) groups is 1. The molecule has 0 aliphatic heterocycles. The molecule has 1 saturated carbocycles. The van der Waals surface area contributed by atoms with Gasteiger partial charge >= 0.3 is 0 Å². The Hall–Kier alpha value is -2.54. The molecular weight excluding hydrogens is 396 g/mol. The average Bonchev–Trinajstić information content (AvgIpc) is 3.41. The molecule has 0 bridgehead atoms. The van der Waals surface area contributed by atoms with Gasteiger partial charge in [0.1, 0.15) is 5.76 Å². The third kappa shape index (κ3) is 4.78. The number of thioether (sulfide) groups is 1. The molecule has 0 radical (unpaired) electrons. The van der Waals surface area contributed by atoms with Gasteiger partial charge in [-0.3, -0.25) is 9.36 Å². The molecule has 1 aromatic carbocycles. The highest BCUT2D eigenvalue weighted by atomic mass is 32.2. The van der Waals surface area contributed by atoms with Crippen LogP contribution in [0, 0.1) is 11.8 Å². The van der Waals surface area contributed by atoms with Crippen molar-refractivity contribution in [2.24, 2.45) is 11.8 Å². The van der Waals surface area contributed by atoms with Gasteiger partial charge < -0.3 is 9.73 Å². The summed E-state index contributed by atoms with van der Waals surface area (Å²) in [4.78, 5) is 12.6. The van der Waals surface area contributed by atoms with E-state index in [0.717, 1.165) is 23.6 Å². The molecule has 3 aromatic rings. The van der Waals surface area contributed by atoms with E-state index in [-0.39, 0.29) is 11.9 Å². The normalized spacial score (nSPS) is 21.5. The van der Waals surface area contributed by atoms with E-state index in [4.69, 9.17) is 4.42 Å². The lowest BCUT2D eigenvalue weighted by Crippen LogP contribution is -2.44. The summed E-state index contributed by atoms with van der Waals surface area (Å²) >= 11 is 1.42. The van der Waals surface area contributed by atoms with Gasteiger partial charge in [-0.2, -0.15) is 0 Å². The van der Waals surface area contributed by atoms with Crippen molar-refractivity contribution < 1.29 is 9.21 Å². The van der Waals surface area contributed by atoms with E-state index in [9.17, 15) is 4.79 Å². The lowest BCUT2D eigenvalue weighted by Gasteiger charge is -2.34. The van der Waals surface area contributed by atoms with Crippen LogP contribution in [0.25, 0.3) is 11.4 Å². The summed E-state index contributed by atoms with van der Waals surface area (Å²) in [5.74, 6) is 3.14.